The van der Waals surface area contributed by atoms with E-state index in [1.54, 1.807) is 0 Å². The van der Waals surface area contributed by atoms with Crippen molar-refractivity contribution < 1.29 is 19.0 Å². The Morgan fingerprint density at radius 1 is 1.54 bits per heavy atom. The van der Waals surface area contributed by atoms with Crippen molar-refractivity contribution in [2.24, 2.45) is 0 Å². The van der Waals surface area contributed by atoms with Gasteiger partial charge in [0.1, 0.15) is 6.10 Å². The van der Waals surface area contributed by atoms with Crippen molar-refractivity contribution in [2.75, 3.05) is 6.61 Å². The summed E-state index contributed by atoms with van der Waals surface area (Å²) in [6.07, 6.45) is 1.52. The number of carbonyl (C=O) groups excluding carboxylic acids is 1. The molecule has 0 aromatic carbocycles. The summed E-state index contributed by atoms with van der Waals surface area (Å²) < 4.78 is 16.1. The van der Waals surface area contributed by atoms with Gasteiger partial charge in [-0.2, -0.15) is 0 Å². The van der Waals surface area contributed by atoms with E-state index in [1.807, 2.05) is 13.8 Å². The number of epoxide rings is 1. The average Bonchev–Trinajstić information content (AvgIpc) is 2.70. The van der Waals surface area contributed by atoms with Crippen molar-refractivity contribution >= 4 is 6.29 Å². The molecule has 0 radical (unpaired) electrons. The molecule has 13 heavy (non-hydrogen) atoms. The van der Waals surface area contributed by atoms with Crippen LogP contribution in [0.25, 0.3) is 0 Å². The van der Waals surface area contributed by atoms with E-state index >= 15 is 0 Å². The maximum absolute atomic E-state index is 10.3. The normalized spacial score (nSPS) is 41.8. The van der Waals surface area contributed by atoms with Gasteiger partial charge in [0.25, 0.3) is 0 Å². The maximum atomic E-state index is 10.3. The van der Waals surface area contributed by atoms with Crippen LogP contribution in [-0.4, -0.2) is 37.0 Å². The van der Waals surface area contributed by atoms with Gasteiger partial charge in [-0.05, 0) is 13.8 Å². The van der Waals surface area contributed by atoms with Gasteiger partial charge >= 0.3 is 0 Å². The summed E-state index contributed by atoms with van der Waals surface area (Å²) in [5, 5.41) is 0. The smallest absolute Gasteiger partial charge is 0.163 e. The number of carbonyl (C=O) groups is 1. The van der Waals surface area contributed by atoms with Gasteiger partial charge in [0, 0.05) is 6.42 Å². The Hall–Kier alpha value is -0.450. The van der Waals surface area contributed by atoms with Gasteiger partial charge in [-0.1, -0.05) is 0 Å². The standard InChI is InChI=1S/C9H14O4/c1-9(2)11-5-6(13-9)3-7-8(4-10)12-7/h4,6-8H,3,5H2,1-2H3. The third kappa shape index (κ3) is 2.07. The number of ether oxygens (including phenoxy) is 3. The molecule has 0 spiro atoms. The Balaban J connectivity index is 1.76. The molecule has 3 unspecified atom stereocenters. The van der Waals surface area contributed by atoms with E-state index in [4.69, 9.17) is 14.2 Å². The van der Waals surface area contributed by atoms with E-state index in [1.165, 1.54) is 0 Å². The maximum Gasteiger partial charge on any atom is 0.163 e. The number of rotatable bonds is 3. The van der Waals surface area contributed by atoms with Crippen molar-refractivity contribution in [3.8, 4) is 0 Å². The van der Waals surface area contributed by atoms with Crippen LogP contribution in [0.2, 0.25) is 0 Å². The first-order chi connectivity index (χ1) is 6.11. The first-order valence-electron chi connectivity index (χ1n) is 4.53. The second-order valence-electron chi connectivity index (χ2n) is 3.96. The fraction of sp³-hybridized carbons (Fsp3) is 0.889. The Morgan fingerprint density at radius 2 is 2.31 bits per heavy atom. The van der Waals surface area contributed by atoms with Gasteiger partial charge in [-0.3, -0.25) is 0 Å². The largest absolute Gasteiger partial charge is 0.361 e. The van der Waals surface area contributed by atoms with Crippen LogP contribution < -0.4 is 0 Å². The quantitative estimate of drug-likeness (QED) is 0.475. The highest BCUT2D eigenvalue weighted by Gasteiger charge is 2.43. The van der Waals surface area contributed by atoms with Crippen LogP contribution in [0.15, 0.2) is 0 Å². The predicted octanol–water partition coefficient (Wildman–Crippen LogP) is 0.494. The van der Waals surface area contributed by atoms with Crippen LogP contribution in [0.4, 0.5) is 0 Å². The molecule has 3 atom stereocenters. The second-order valence-corrected chi connectivity index (χ2v) is 3.96. The second kappa shape index (κ2) is 3.04. The van der Waals surface area contributed by atoms with Crippen molar-refractivity contribution in [3.63, 3.8) is 0 Å². The molecule has 0 N–H and O–H groups in total. The van der Waals surface area contributed by atoms with Gasteiger partial charge in [0.05, 0.1) is 18.8 Å². The Kier molecular flexibility index (Phi) is 2.14. The zero-order chi connectivity index (χ0) is 9.47. The molecule has 2 aliphatic rings. The molecular formula is C9H14O4. The highest BCUT2D eigenvalue weighted by molar-refractivity contribution is 5.60. The molecule has 4 nitrogen and oxygen atoms in total. The van der Waals surface area contributed by atoms with Crippen molar-refractivity contribution in [2.45, 2.75) is 44.4 Å². The molecule has 2 heterocycles. The van der Waals surface area contributed by atoms with E-state index in [0.29, 0.717) is 6.61 Å². The van der Waals surface area contributed by atoms with Crippen LogP contribution in [0.3, 0.4) is 0 Å². The molecule has 2 rings (SSSR count). The molecule has 0 amide bonds. The Labute approximate surface area is 77.1 Å². The lowest BCUT2D eigenvalue weighted by Gasteiger charge is -2.16. The minimum absolute atomic E-state index is 0.0556. The summed E-state index contributed by atoms with van der Waals surface area (Å²) >= 11 is 0. The van der Waals surface area contributed by atoms with Gasteiger partial charge in [0.2, 0.25) is 0 Å². The number of aldehydes is 1. The summed E-state index contributed by atoms with van der Waals surface area (Å²) in [6, 6.07) is 0. The molecule has 0 aliphatic carbocycles. The van der Waals surface area contributed by atoms with E-state index in [-0.39, 0.29) is 18.3 Å². The molecular weight excluding hydrogens is 172 g/mol. The molecule has 4 heteroatoms. The summed E-state index contributed by atoms with van der Waals surface area (Å²) in [7, 11) is 0. The van der Waals surface area contributed by atoms with Gasteiger partial charge in [0.15, 0.2) is 12.1 Å². The van der Waals surface area contributed by atoms with Crippen LogP contribution in [-0.2, 0) is 19.0 Å². The van der Waals surface area contributed by atoms with E-state index in [9.17, 15) is 4.79 Å². The third-order valence-electron chi connectivity index (χ3n) is 2.32. The fourth-order valence-electron chi connectivity index (χ4n) is 1.60. The van der Waals surface area contributed by atoms with Crippen molar-refractivity contribution in [1.82, 2.24) is 0 Å². The topological polar surface area (TPSA) is 48.1 Å². The minimum atomic E-state index is -0.476. The lowest BCUT2D eigenvalue weighted by atomic mass is 10.2. The lowest BCUT2D eigenvalue weighted by molar-refractivity contribution is -0.139. The van der Waals surface area contributed by atoms with E-state index in [2.05, 4.69) is 0 Å². The van der Waals surface area contributed by atoms with E-state index < -0.39 is 5.79 Å². The van der Waals surface area contributed by atoms with Crippen LogP contribution >= 0.6 is 0 Å². The zero-order valence-electron chi connectivity index (χ0n) is 7.86. The summed E-state index contributed by atoms with van der Waals surface area (Å²) in [5.41, 5.74) is 0. The van der Waals surface area contributed by atoms with Gasteiger partial charge in [-0.15, -0.1) is 0 Å². The number of hydrogen-bond donors (Lipinski definition) is 0. The first kappa shape index (κ1) is 9.12. The van der Waals surface area contributed by atoms with Gasteiger partial charge < -0.3 is 19.0 Å². The van der Waals surface area contributed by atoms with Gasteiger partial charge in [-0.25, -0.2) is 0 Å². The monoisotopic (exact) mass is 186 g/mol. The molecule has 0 aromatic heterocycles. The van der Waals surface area contributed by atoms with Crippen LogP contribution in [0.5, 0.6) is 0 Å². The molecule has 0 bridgehead atoms. The lowest BCUT2D eigenvalue weighted by Crippen LogP contribution is -2.22. The highest BCUT2D eigenvalue weighted by atomic mass is 16.7. The summed E-state index contributed by atoms with van der Waals surface area (Å²) in [5.74, 6) is -0.476. The van der Waals surface area contributed by atoms with Crippen LogP contribution in [0, 0.1) is 0 Å². The number of hydrogen-bond acceptors (Lipinski definition) is 4. The zero-order valence-corrected chi connectivity index (χ0v) is 7.86. The average molecular weight is 186 g/mol. The third-order valence-corrected chi connectivity index (χ3v) is 2.32. The predicted molar refractivity (Wildman–Crippen MR) is 44.2 cm³/mol. The molecule has 74 valence electrons. The Bertz CT molecular complexity index is 214. The molecule has 0 saturated carbocycles. The Morgan fingerprint density at radius 3 is 2.77 bits per heavy atom. The molecule has 0 aromatic rings. The summed E-state index contributed by atoms with van der Waals surface area (Å²) in [4.78, 5) is 10.3. The van der Waals surface area contributed by atoms with Crippen LogP contribution in [0.1, 0.15) is 20.3 Å². The highest BCUT2D eigenvalue weighted by Crippen LogP contribution is 2.31. The molecule has 2 fully saturated rings. The minimum Gasteiger partial charge on any atom is -0.361 e. The molecule has 2 aliphatic heterocycles. The van der Waals surface area contributed by atoms with Crippen molar-refractivity contribution in [1.29, 1.82) is 0 Å². The van der Waals surface area contributed by atoms with E-state index in [0.717, 1.165) is 12.7 Å². The molecule has 2 saturated heterocycles. The first-order valence-corrected chi connectivity index (χ1v) is 4.53. The van der Waals surface area contributed by atoms with Crippen molar-refractivity contribution in [3.05, 3.63) is 0 Å². The summed E-state index contributed by atoms with van der Waals surface area (Å²) in [6.45, 7) is 4.37. The fourth-order valence-corrected chi connectivity index (χ4v) is 1.60. The SMILES string of the molecule is CC1(C)OCC(CC2OC2C=O)O1.